The summed E-state index contributed by atoms with van der Waals surface area (Å²) in [6, 6.07) is 0. The molecular formula is C10H12N2O2S4. The largest absolute Gasteiger partial charge is 0.315 e. The molecule has 3 heterocycles. The molecule has 2 atom stereocenters. The molecule has 2 unspecified atom stereocenters. The number of amides is 2. The lowest BCUT2D eigenvalue weighted by Crippen LogP contribution is -2.62. The van der Waals surface area contributed by atoms with E-state index in [2.05, 4.69) is 13.2 Å². The number of nitrogens with zero attached hydrogens (tertiary/aromatic N) is 2. The van der Waals surface area contributed by atoms with Crippen LogP contribution in [0.3, 0.4) is 0 Å². The smallest absolute Gasteiger partial charge is 0.258 e. The van der Waals surface area contributed by atoms with Gasteiger partial charge in [0.1, 0.15) is 0 Å². The van der Waals surface area contributed by atoms with Crippen molar-refractivity contribution in [2.75, 3.05) is 13.1 Å². The molecule has 3 fully saturated rings. The Labute approximate surface area is 121 Å². The first kappa shape index (κ1) is 14.2. The predicted molar refractivity (Wildman–Crippen MR) is 81.8 cm³/mol. The molecule has 98 valence electrons. The van der Waals surface area contributed by atoms with Crippen molar-refractivity contribution in [1.82, 2.24) is 9.80 Å². The van der Waals surface area contributed by atoms with Crippen molar-refractivity contribution in [2.24, 2.45) is 0 Å². The first-order valence-electron chi connectivity index (χ1n) is 5.19. The number of hydrogen-bond acceptors (Lipinski definition) is 6. The Bertz CT molecular complexity index is 354. The summed E-state index contributed by atoms with van der Waals surface area (Å²) in [5.74, 6) is -0.0432. The van der Waals surface area contributed by atoms with E-state index in [0.717, 1.165) is 0 Å². The molecule has 4 nitrogen and oxygen atoms in total. The third kappa shape index (κ3) is 2.56. The van der Waals surface area contributed by atoms with Gasteiger partial charge >= 0.3 is 0 Å². The summed E-state index contributed by atoms with van der Waals surface area (Å²) in [7, 11) is 5.92. The Kier molecular flexibility index (Phi) is 4.99. The van der Waals surface area contributed by atoms with Crippen LogP contribution in [0, 0.1) is 0 Å². The third-order valence-corrected chi connectivity index (χ3v) is 9.13. The molecule has 3 saturated heterocycles. The molecule has 3 aliphatic heterocycles. The maximum atomic E-state index is 12.4. The fourth-order valence-corrected chi connectivity index (χ4v) is 8.37. The fourth-order valence-electron chi connectivity index (χ4n) is 1.72. The number of rotatable bonds is 4. The normalized spacial score (nSPS) is 28.0. The number of fused-ring (bicyclic) bond motifs is 5. The minimum absolute atomic E-state index is 0.0216. The van der Waals surface area contributed by atoms with Gasteiger partial charge in [0.05, 0.1) is 0 Å². The van der Waals surface area contributed by atoms with Crippen molar-refractivity contribution in [1.29, 1.82) is 0 Å². The number of carbonyl (C=O) groups excluding carboxylic acids is 2. The Morgan fingerprint density at radius 2 is 1.33 bits per heavy atom. The summed E-state index contributed by atoms with van der Waals surface area (Å²) < 4.78 is 0. The van der Waals surface area contributed by atoms with Gasteiger partial charge in [0, 0.05) is 13.1 Å². The predicted octanol–water partition coefficient (Wildman–Crippen LogP) is 2.37. The zero-order valence-electron chi connectivity index (χ0n) is 9.48. The van der Waals surface area contributed by atoms with Crippen LogP contribution in [-0.4, -0.2) is 45.5 Å². The minimum Gasteiger partial charge on any atom is -0.315 e. The van der Waals surface area contributed by atoms with E-state index in [1.54, 1.807) is 41.6 Å². The molecule has 0 radical (unpaired) electrons. The number of hydrogen-bond donors (Lipinski definition) is 0. The van der Waals surface area contributed by atoms with Crippen LogP contribution in [0.15, 0.2) is 25.3 Å². The van der Waals surface area contributed by atoms with Crippen LogP contribution in [0.25, 0.3) is 0 Å². The summed E-state index contributed by atoms with van der Waals surface area (Å²) in [5, 5.41) is -0.907. The van der Waals surface area contributed by atoms with Gasteiger partial charge in [-0.3, -0.25) is 9.59 Å². The maximum Gasteiger partial charge on any atom is 0.258 e. The van der Waals surface area contributed by atoms with E-state index in [-0.39, 0.29) is 11.8 Å². The van der Waals surface area contributed by atoms with Crippen LogP contribution in [0.5, 0.6) is 0 Å². The highest BCUT2D eigenvalue weighted by molar-refractivity contribution is 9.26. The summed E-state index contributed by atoms with van der Waals surface area (Å²) in [6.45, 7) is 8.11. The highest BCUT2D eigenvalue weighted by Gasteiger charge is 2.47. The van der Waals surface area contributed by atoms with E-state index in [1.807, 2.05) is 0 Å². The molecule has 0 spiro atoms. The SMILES string of the molecule is C=CCN1C(=O)C2SSSSC1C(=O)N2CC=C. The van der Waals surface area contributed by atoms with E-state index in [4.69, 9.17) is 0 Å². The molecule has 0 aliphatic carbocycles. The average Bonchev–Trinajstić information content (AvgIpc) is 2.34. The molecule has 2 amide bonds. The van der Waals surface area contributed by atoms with E-state index >= 15 is 0 Å². The van der Waals surface area contributed by atoms with E-state index in [1.165, 1.54) is 21.6 Å². The van der Waals surface area contributed by atoms with Gasteiger partial charge in [-0.15, -0.1) is 13.2 Å². The first-order valence-corrected chi connectivity index (χ1v) is 10.1. The Hall–Kier alpha value is -0.180. The lowest BCUT2D eigenvalue weighted by molar-refractivity contribution is -0.152. The molecule has 8 heteroatoms. The van der Waals surface area contributed by atoms with Gasteiger partial charge < -0.3 is 9.80 Å². The summed E-state index contributed by atoms with van der Waals surface area (Å²) in [5.41, 5.74) is 0. The van der Waals surface area contributed by atoms with Crippen LogP contribution in [0.1, 0.15) is 0 Å². The second-order valence-corrected chi connectivity index (χ2v) is 9.56. The van der Waals surface area contributed by atoms with Crippen LogP contribution in [0.2, 0.25) is 0 Å². The van der Waals surface area contributed by atoms with Crippen molar-refractivity contribution in [2.45, 2.75) is 10.7 Å². The lowest BCUT2D eigenvalue weighted by Gasteiger charge is -2.44. The zero-order chi connectivity index (χ0) is 13.1. The van der Waals surface area contributed by atoms with E-state index < -0.39 is 10.7 Å². The molecule has 0 aromatic heterocycles. The number of carbonyl (C=O) groups is 2. The quantitative estimate of drug-likeness (QED) is 0.585. The van der Waals surface area contributed by atoms with Gasteiger partial charge in [-0.05, 0) is 41.2 Å². The van der Waals surface area contributed by atoms with Crippen molar-refractivity contribution in [3.63, 3.8) is 0 Å². The summed E-state index contributed by atoms with van der Waals surface area (Å²) in [6.07, 6.45) is 3.31. The van der Waals surface area contributed by atoms with Crippen LogP contribution < -0.4 is 0 Å². The average molecular weight is 320 g/mol. The summed E-state index contributed by atoms with van der Waals surface area (Å²) in [4.78, 5) is 27.9. The molecule has 0 aromatic carbocycles. The highest BCUT2D eigenvalue weighted by atomic mass is 33.7. The molecule has 0 saturated carbocycles. The van der Waals surface area contributed by atoms with Gasteiger partial charge in [-0.2, -0.15) is 0 Å². The van der Waals surface area contributed by atoms with Crippen LogP contribution >= 0.6 is 41.2 Å². The van der Waals surface area contributed by atoms with Crippen molar-refractivity contribution >= 4 is 53.1 Å². The van der Waals surface area contributed by atoms with Crippen molar-refractivity contribution < 1.29 is 9.59 Å². The molecule has 3 rings (SSSR count). The van der Waals surface area contributed by atoms with Crippen LogP contribution in [-0.2, 0) is 9.59 Å². The van der Waals surface area contributed by atoms with E-state index in [9.17, 15) is 9.59 Å². The number of piperazine rings is 1. The lowest BCUT2D eigenvalue weighted by atomic mass is 10.2. The van der Waals surface area contributed by atoms with Gasteiger partial charge in [-0.1, -0.05) is 12.2 Å². The highest BCUT2D eigenvalue weighted by Crippen LogP contribution is 2.53. The van der Waals surface area contributed by atoms with Crippen molar-refractivity contribution in [3.05, 3.63) is 25.3 Å². The summed E-state index contributed by atoms with van der Waals surface area (Å²) >= 11 is 0. The topological polar surface area (TPSA) is 40.6 Å². The first-order chi connectivity index (χ1) is 8.70. The third-order valence-electron chi connectivity index (χ3n) is 2.50. The van der Waals surface area contributed by atoms with Gasteiger partial charge in [0.15, 0.2) is 10.7 Å². The standard InChI is InChI=1S/C10H12N2O2S4/c1-3-5-11-7(13)10-12(6-4-2)8(14)9(11)15-17-18-16-10/h3-4,9-10H,1-2,5-6H2. The van der Waals surface area contributed by atoms with E-state index in [0.29, 0.717) is 13.1 Å². The molecule has 0 aromatic rings. The molecule has 0 N–H and O–H groups in total. The molecular weight excluding hydrogens is 308 g/mol. The van der Waals surface area contributed by atoms with Gasteiger partial charge in [0.25, 0.3) is 11.8 Å². The monoisotopic (exact) mass is 320 g/mol. The molecule has 2 bridgehead atoms. The Morgan fingerprint density at radius 1 is 0.944 bits per heavy atom. The zero-order valence-corrected chi connectivity index (χ0v) is 12.7. The minimum atomic E-state index is -0.454. The molecule has 18 heavy (non-hydrogen) atoms. The van der Waals surface area contributed by atoms with Gasteiger partial charge in [-0.25, -0.2) is 0 Å². The molecule has 3 aliphatic rings. The Balaban J connectivity index is 2.32. The van der Waals surface area contributed by atoms with Gasteiger partial charge in [0.2, 0.25) is 0 Å². The fraction of sp³-hybridized carbons (Fsp3) is 0.400. The van der Waals surface area contributed by atoms with Crippen LogP contribution in [0.4, 0.5) is 0 Å². The second-order valence-electron chi connectivity index (χ2n) is 3.59. The maximum absolute atomic E-state index is 12.4. The second kappa shape index (κ2) is 6.31. The van der Waals surface area contributed by atoms with Crippen molar-refractivity contribution in [3.8, 4) is 0 Å². The Morgan fingerprint density at radius 3 is 1.67 bits per heavy atom.